The molecule has 1 saturated carbocycles. The molecule has 1 saturated heterocycles. The molecular weight excluding hydrogens is 607 g/mol. The Bertz CT molecular complexity index is 1540. The molecule has 2 atom stereocenters. The number of benzene rings is 2. The summed E-state index contributed by atoms with van der Waals surface area (Å²) >= 11 is 7.92. The lowest BCUT2D eigenvalue weighted by atomic mass is 9.87. The van der Waals surface area contributed by atoms with Crippen molar-refractivity contribution < 1.29 is 28.6 Å². The van der Waals surface area contributed by atoms with Gasteiger partial charge in [0.15, 0.2) is 0 Å². The van der Waals surface area contributed by atoms with Crippen LogP contribution in [-0.4, -0.2) is 66.2 Å². The number of likely N-dealkylation sites (tertiary alicyclic amines) is 1. The van der Waals surface area contributed by atoms with Crippen molar-refractivity contribution in [2.45, 2.75) is 56.7 Å². The lowest BCUT2D eigenvalue weighted by Crippen LogP contribution is -2.41. The molecule has 5 rings (SSSR count). The number of carbonyl (C=O) groups excluding carboxylic acids is 2. The van der Waals surface area contributed by atoms with Crippen LogP contribution < -0.4 is 16.0 Å². The molecule has 1 aromatic heterocycles. The van der Waals surface area contributed by atoms with Gasteiger partial charge in [0.05, 0.1) is 47.4 Å². The predicted molar refractivity (Wildman–Crippen MR) is 169 cm³/mol. The molecule has 0 radical (unpaired) electrons. The van der Waals surface area contributed by atoms with Crippen LogP contribution in [0.25, 0.3) is 10.1 Å². The number of carboxylic acid groups (broad SMARTS) is 1. The Balaban J connectivity index is 1.24. The van der Waals surface area contributed by atoms with E-state index in [-0.39, 0.29) is 52.7 Å². The fourth-order valence-electron chi connectivity index (χ4n) is 5.92. The maximum Gasteiger partial charge on any atom is 0.306 e. The molecule has 3 aromatic rings. The molecule has 2 aromatic carbocycles. The molecule has 9 nitrogen and oxygen atoms in total. The summed E-state index contributed by atoms with van der Waals surface area (Å²) in [5, 5.41) is 20.9. The van der Waals surface area contributed by atoms with Crippen LogP contribution >= 0.6 is 22.9 Å². The number of thiophene rings is 1. The second-order valence-corrected chi connectivity index (χ2v) is 12.6. The van der Waals surface area contributed by atoms with E-state index in [1.54, 1.807) is 29.7 Å². The first-order valence-corrected chi connectivity index (χ1v) is 16.0. The number of carboxylic acids is 1. The second-order valence-electron chi connectivity index (χ2n) is 11.3. The van der Waals surface area contributed by atoms with Crippen LogP contribution in [0.4, 0.5) is 10.1 Å². The van der Waals surface area contributed by atoms with Gasteiger partial charge in [-0.2, -0.15) is 0 Å². The number of nitrogens with one attached hydrogen (secondary N) is 3. The number of aliphatic carboxylic acids is 1. The Morgan fingerprint density at radius 2 is 1.93 bits per heavy atom. The molecule has 2 heterocycles. The lowest BCUT2D eigenvalue weighted by molar-refractivity contribution is -0.144. The van der Waals surface area contributed by atoms with E-state index in [0.717, 1.165) is 16.2 Å². The van der Waals surface area contributed by atoms with Gasteiger partial charge in [-0.15, -0.1) is 11.3 Å². The number of carbonyl (C=O) groups is 3. The van der Waals surface area contributed by atoms with Crippen LogP contribution in [0.1, 0.15) is 48.0 Å². The van der Waals surface area contributed by atoms with Crippen LogP contribution in [0.2, 0.25) is 5.02 Å². The highest BCUT2D eigenvalue weighted by atomic mass is 35.5. The minimum atomic E-state index is -0.765. The molecule has 0 spiro atoms. The molecule has 0 unspecified atom stereocenters. The molecule has 2 amide bonds. The van der Waals surface area contributed by atoms with E-state index in [9.17, 15) is 19.5 Å². The maximum absolute atomic E-state index is 15.3. The fourth-order valence-corrected chi connectivity index (χ4v) is 7.09. The van der Waals surface area contributed by atoms with Gasteiger partial charge in [0, 0.05) is 47.5 Å². The average molecular weight is 643 g/mol. The van der Waals surface area contributed by atoms with Gasteiger partial charge in [-0.25, -0.2) is 4.39 Å². The van der Waals surface area contributed by atoms with Gasteiger partial charge in [-0.1, -0.05) is 29.8 Å². The highest BCUT2D eigenvalue weighted by molar-refractivity contribution is 7.17. The summed E-state index contributed by atoms with van der Waals surface area (Å²) in [7, 11) is 1.79. The van der Waals surface area contributed by atoms with E-state index in [1.807, 2.05) is 24.3 Å². The molecule has 12 heteroatoms. The first-order chi connectivity index (χ1) is 21.2. The first kappa shape index (κ1) is 31.7. The van der Waals surface area contributed by atoms with E-state index in [2.05, 4.69) is 16.0 Å². The van der Waals surface area contributed by atoms with E-state index < -0.39 is 17.7 Å². The second kappa shape index (κ2) is 14.4. The Morgan fingerprint density at radius 1 is 1.16 bits per heavy atom. The predicted octanol–water partition coefficient (Wildman–Crippen LogP) is 5.40. The van der Waals surface area contributed by atoms with Crippen molar-refractivity contribution in [1.82, 2.24) is 15.5 Å². The number of halogens is 2. The van der Waals surface area contributed by atoms with E-state index in [0.29, 0.717) is 50.8 Å². The summed E-state index contributed by atoms with van der Waals surface area (Å²) in [6.07, 6.45) is 6.43. The minimum Gasteiger partial charge on any atom is -0.481 e. The number of hydrogen-bond donors (Lipinski definition) is 4. The number of ether oxygens (including phenoxy) is 1. The van der Waals surface area contributed by atoms with Crippen molar-refractivity contribution in [1.29, 1.82) is 0 Å². The Morgan fingerprint density at radius 3 is 2.68 bits per heavy atom. The smallest absolute Gasteiger partial charge is 0.306 e. The van der Waals surface area contributed by atoms with E-state index >= 15 is 4.39 Å². The van der Waals surface area contributed by atoms with Crippen molar-refractivity contribution in [3.63, 3.8) is 0 Å². The lowest BCUT2D eigenvalue weighted by Gasteiger charge is -2.30. The number of fused-ring (bicyclic) bond motifs is 1. The molecule has 1 aliphatic carbocycles. The van der Waals surface area contributed by atoms with Crippen LogP contribution in [0.15, 0.2) is 54.2 Å². The van der Waals surface area contributed by atoms with Crippen LogP contribution in [-0.2, 0) is 20.7 Å². The van der Waals surface area contributed by atoms with Crippen molar-refractivity contribution >= 4 is 56.5 Å². The summed E-state index contributed by atoms with van der Waals surface area (Å²) in [6, 6.07) is 9.84. The van der Waals surface area contributed by atoms with Crippen molar-refractivity contribution in [2.75, 3.05) is 25.5 Å². The standard InChI is InChI=1S/C32H36ClFN4O5S/c1-35-10-11-36-21-14-22(17-43-23-8-6-19(7-9-23)32(41)42)38(16-21)30(39)13-20-12-26(33)28(15-27(20)34)37-31(40)25-18-44-29-5-3-2-4-24(25)29/h2-5,10-12,15,18-19,21-23,35-36H,6-9,13-14,16-17H2,1H3,(H,37,40)(H,41,42)/b11-10-/t19?,21-,22-,23?/m0/s1. The van der Waals surface area contributed by atoms with Gasteiger partial charge in [-0.3, -0.25) is 14.4 Å². The summed E-state index contributed by atoms with van der Waals surface area (Å²) in [5.41, 5.74) is 0.745. The Hall–Kier alpha value is -3.67. The topological polar surface area (TPSA) is 120 Å². The maximum atomic E-state index is 15.3. The summed E-state index contributed by atoms with van der Waals surface area (Å²) in [6.45, 7) is 0.734. The molecule has 1 aliphatic heterocycles. The Labute approximate surface area is 264 Å². The quantitative estimate of drug-likeness (QED) is 0.221. The van der Waals surface area contributed by atoms with Crippen molar-refractivity contribution in [2.24, 2.45) is 5.92 Å². The number of rotatable bonds is 11. The highest BCUT2D eigenvalue weighted by Crippen LogP contribution is 2.31. The van der Waals surface area contributed by atoms with Crippen LogP contribution in [0.5, 0.6) is 0 Å². The van der Waals surface area contributed by atoms with Gasteiger partial charge < -0.3 is 30.7 Å². The summed E-state index contributed by atoms with van der Waals surface area (Å²) < 4.78 is 22.4. The average Bonchev–Trinajstić information content (AvgIpc) is 3.63. The zero-order valence-corrected chi connectivity index (χ0v) is 25.9. The largest absolute Gasteiger partial charge is 0.481 e. The minimum absolute atomic E-state index is 0.0147. The van der Waals surface area contributed by atoms with E-state index in [1.165, 1.54) is 17.4 Å². The molecular formula is C32H36ClFN4O5S. The number of nitrogens with zero attached hydrogens (tertiary/aromatic N) is 1. The normalized spacial score (nSPS) is 21.9. The number of hydrogen-bond acceptors (Lipinski definition) is 7. The zero-order chi connectivity index (χ0) is 31.2. The number of amides is 2. The summed E-state index contributed by atoms with van der Waals surface area (Å²) in [5.74, 6) is -2.38. The monoisotopic (exact) mass is 642 g/mol. The van der Waals surface area contributed by atoms with Gasteiger partial charge in [-0.05, 0) is 55.9 Å². The van der Waals surface area contributed by atoms with Crippen LogP contribution in [0.3, 0.4) is 0 Å². The summed E-state index contributed by atoms with van der Waals surface area (Å²) in [4.78, 5) is 39.5. The van der Waals surface area contributed by atoms with Crippen molar-refractivity contribution in [3.8, 4) is 0 Å². The van der Waals surface area contributed by atoms with Gasteiger partial charge >= 0.3 is 5.97 Å². The zero-order valence-electron chi connectivity index (χ0n) is 24.4. The molecule has 4 N–H and O–H groups in total. The first-order valence-electron chi connectivity index (χ1n) is 14.7. The third kappa shape index (κ3) is 7.51. The molecule has 0 bridgehead atoms. The highest BCUT2D eigenvalue weighted by Gasteiger charge is 2.36. The van der Waals surface area contributed by atoms with Crippen molar-refractivity contribution in [3.05, 3.63) is 76.1 Å². The molecule has 234 valence electrons. The van der Waals surface area contributed by atoms with E-state index in [4.69, 9.17) is 16.3 Å². The molecule has 44 heavy (non-hydrogen) atoms. The SMILES string of the molecule is CN/C=C\N[C@H]1C[C@@H](COC2CCC(C(=O)O)CC2)N(C(=O)Cc2cc(Cl)c(NC(=O)c3csc4ccccc34)cc2F)C1. The fraction of sp³-hybridized carbons (Fsp3) is 0.406. The van der Waals surface area contributed by atoms with Gasteiger partial charge in [0.2, 0.25) is 5.91 Å². The van der Waals surface area contributed by atoms with Gasteiger partial charge in [0.25, 0.3) is 5.91 Å². The number of anilines is 1. The Kier molecular flexibility index (Phi) is 10.4. The van der Waals surface area contributed by atoms with Crippen LogP contribution in [0, 0.1) is 11.7 Å². The van der Waals surface area contributed by atoms with Gasteiger partial charge in [0.1, 0.15) is 5.82 Å². The molecule has 2 aliphatic rings. The third-order valence-corrected chi connectivity index (χ3v) is 9.59. The third-order valence-electron chi connectivity index (χ3n) is 8.32. The molecule has 2 fully saturated rings.